The summed E-state index contributed by atoms with van der Waals surface area (Å²) in [4.78, 5) is 19.8. The molecule has 2 heterocycles. The van der Waals surface area contributed by atoms with Crippen LogP contribution in [0, 0.1) is 6.92 Å². The first-order chi connectivity index (χ1) is 15.5. The molecule has 4 rings (SSSR count). The Morgan fingerprint density at radius 1 is 1.00 bits per heavy atom. The summed E-state index contributed by atoms with van der Waals surface area (Å²) >= 11 is 6.19. The molecule has 7 nitrogen and oxygen atoms in total. The van der Waals surface area contributed by atoms with E-state index >= 15 is 0 Å². The van der Waals surface area contributed by atoms with Crippen molar-refractivity contribution >= 4 is 45.7 Å². The molecule has 32 heavy (non-hydrogen) atoms. The quantitative estimate of drug-likeness (QED) is 0.505. The average Bonchev–Trinajstić information content (AvgIpc) is 2.80. The summed E-state index contributed by atoms with van der Waals surface area (Å²) in [6.07, 6.45) is 3.70. The number of hydrogen-bond donors (Lipinski definition) is 2. The molecule has 1 aliphatic rings. The second-order valence-electron chi connectivity index (χ2n) is 7.84. The van der Waals surface area contributed by atoms with Crippen molar-refractivity contribution < 1.29 is 14.3 Å². The van der Waals surface area contributed by atoms with Crippen molar-refractivity contribution in [1.82, 2.24) is 4.98 Å². The van der Waals surface area contributed by atoms with Crippen LogP contribution in [0.15, 0.2) is 36.4 Å². The van der Waals surface area contributed by atoms with Gasteiger partial charge in [0.15, 0.2) is 0 Å². The predicted molar refractivity (Wildman–Crippen MR) is 130 cm³/mol. The Hall–Kier alpha value is -3.19. The van der Waals surface area contributed by atoms with Gasteiger partial charge < -0.3 is 25.0 Å². The highest BCUT2D eigenvalue weighted by Crippen LogP contribution is 2.36. The zero-order valence-electron chi connectivity index (χ0n) is 18.5. The van der Waals surface area contributed by atoms with Crippen molar-refractivity contribution in [2.75, 3.05) is 42.8 Å². The summed E-state index contributed by atoms with van der Waals surface area (Å²) < 4.78 is 10.5. The van der Waals surface area contributed by atoms with E-state index in [1.165, 1.54) is 33.5 Å². The number of fused-ring (bicyclic) bond motifs is 1. The predicted octanol–water partition coefficient (Wildman–Crippen LogP) is 5.85. The van der Waals surface area contributed by atoms with E-state index in [-0.39, 0.29) is 0 Å². The lowest BCUT2D eigenvalue weighted by molar-refractivity contribution is 0.262. The first-order valence-corrected chi connectivity index (χ1v) is 11.0. The van der Waals surface area contributed by atoms with Gasteiger partial charge in [0, 0.05) is 30.2 Å². The van der Waals surface area contributed by atoms with Crippen molar-refractivity contribution in [2.45, 2.75) is 26.2 Å². The number of nitrogens with zero attached hydrogens (tertiary/aromatic N) is 2. The number of carbonyl (C=O) groups is 1. The van der Waals surface area contributed by atoms with Gasteiger partial charge >= 0.3 is 6.03 Å². The largest absolute Gasteiger partial charge is 0.495 e. The summed E-state index contributed by atoms with van der Waals surface area (Å²) in [6, 6.07) is 10.7. The standard InChI is InChI=1S/C24H27ClN4O3/c1-15-11-23(29-9-5-4-6-10-29)27-19-8-7-16(12-17(15)19)26-24(30)28-20-13-18(25)21(31-2)14-22(20)32-3/h7-8,11-14H,4-6,9-10H2,1-3H3,(H2,26,28,30). The number of hydrogen-bond acceptors (Lipinski definition) is 5. The first-order valence-electron chi connectivity index (χ1n) is 10.6. The summed E-state index contributed by atoms with van der Waals surface area (Å²) in [6.45, 7) is 4.18. The molecule has 1 aliphatic heterocycles. The van der Waals surface area contributed by atoms with E-state index in [1.807, 2.05) is 18.2 Å². The van der Waals surface area contributed by atoms with Gasteiger partial charge in [0.1, 0.15) is 17.3 Å². The zero-order chi connectivity index (χ0) is 22.7. The van der Waals surface area contributed by atoms with Crippen LogP contribution in [0.1, 0.15) is 24.8 Å². The van der Waals surface area contributed by atoms with Crippen LogP contribution < -0.4 is 25.0 Å². The zero-order valence-corrected chi connectivity index (χ0v) is 19.3. The number of methoxy groups -OCH3 is 2. The Labute approximate surface area is 192 Å². The molecule has 2 amide bonds. The molecule has 0 saturated carbocycles. The van der Waals surface area contributed by atoms with E-state index in [2.05, 4.69) is 28.5 Å². The van der Waals surface area contributed by atoms with Gasteiger partial charge in [-0.2, -0.15) is 0 Å². The highest BCUT2D eigenvalue weighted by Gasteiger charge is 2.15. The molecular weight excluding hydrogens is 428 g/mol. The molecule has 0 bridgehead atoms. The van der Waals surface area contributed by atoms with Gasteiger partial charge in [0.25, 0.3) is 0 Å². The monoisotopic (exact) mass is 454 g/mol. The summed E-state index contributed by atoms with van der Waals surface area (Å²) in [7, 11) is 3.04. The number of pyridine rings is 1. The number of nitrogens with one attached hydrogen (secondary N) is 2. The number of rotatable bonds is 5. The minimum absolute atomic E-state index is 0.375. The van der Waals surface area contributed by atoms with Crippen LogP contribution in [0.25, 0.3) is 10.9 Å². The normalized spacial score (nSPS) is 13.7. The molecule has 0 unspecified atom stereocenters. The summed E-state index contributed by atoms with van der Waals surface area (Å²) in [5, 5.41) is 7.03. The van der Waals surface area contributed by atoms with Gasteiger partial charge in [-0.05, 0) is 62.1 Å². The molecule has 3 aromatic rings. The number of amides is 2. The molecule has 0 aliphatic carbocycles. The fourth-order valence-electron chi connectivity index (χ4n) is 3.98. The van der Waals surface area contributed by atoms with E-state index in [9.17, 15) is 4.79 Å². The van der Waals surface area contributed by atoms with Gasteiger partial charge in [-0.1, -0.05) is 11.6 Å². The number of benzene rings is 2. The lowest BCUT2D eigenvalue weighted by Crippen LogP contribution is -2.30. The van der Waals surface area contributed by atoms with Crippen LogP contribution >= 0.6 is 11.6 Å². The number of piperidine rings is 1. The molecular formula is C24H27ClN4O3. The third kappa shape index (κ3) is 4.67. The van der Waals surface area contributed by atoms with Crippen LogP contribution in [-0.2, 0) is 0 Å². The molecule has 0 radical (unpaired) electrons. The Kier molecular flexibility index (Phi) is 6.55. The third-order valence-electron chi connectivity index (χ3n) is 5.66. The molecule has 2 aromatic carbocycles. The number of halogens is 1. The fraction of sp³-hybridized carbons (Fsp3) is 0.333. The third-order valence-corrected chi connectivity index (χ3v) is 5.96. The van der Waals surface area contributed by atoms with E-state index in [0.29, 0.717) is 27.9 Å². The Bertz CT molecular complexity index is 1150. The molecule has 1 aromatic heterocycles. The maximum Gasteiger partial charge on any atom is 0.323 e. The maximum atomic E-state index is 12.6. The number of urea groups is 1. The average molecular weight is 455 g/mol. The van der Waals surface area contributed by atoms with Crippen LogP contribution in [0.2, 0.25) is 5.02 Å². The van der Waals surface area contributed by atoms with E-state index in [0.717, 1.165) is 35.4 Å². The van der Waals surface area contributed by atoms with E-state index in [4.69, 9.17) is 26.1 Å². The molecule has 1 saturated heterocycles. The van der Waals surface area contributed by atoms with Crippen molar-refractivity contribution in [3.63, 3.8) is 0 Å². The molecule has 2 N–H and O–H groups in total. The lowest BCUT2D eigenvalue weighted by Gasteiger charge is -2.28. The van der Waals surface area contributed by atoms with Crippen molar-refractivity contribution in [3.05, 3.63) is 47.0 Å². The van der Waals surface area contributed by atoms with Crippen LogP contribution in [-0.4, -0.2) is 38.3 Å². The number of anilines is 3. The number of carbonyl (C=O) groups excluding carboxylic acids is 1. The van der Waals surface area contributed by atoms with Crippen LogP contribution in [0.5, 0.6) is 11.5 Å². The molecule has 0 atom stereocenters. The molecule has 168 valence electrons. The van der Waals surface area contributed by atoms with Gasteiger partial charge in [0.2, 0.25) is 0 Å². The minimum atomic E-state index is -0.403. The minimum Gasteiger partial charge on any atom is -0.495 e. The summed E-state index contributed by atoms with van der Waals surface area (Å²) in [5.41, 5.74) is 3.16. The smallest absolute Gasteiger partial charge is 0.323 e. The molecule has 0 spiro atoms. The van der Waals surface area contributed by atoms with Gasteiger partial charge in [-0.3, -0.25) is 0 Å². The Balaban J connectivity index is 1.52. The van der Waals surface area contributed by atoms with Crippen LogP contribution in [0.3, 0.4) is 0 Å². The Morgan fingerprint density at radius 3 is 2.47 bits per heavy atom. The van der Waals surface area contributed by atoms with E-state index < -0.39 is 6.03 Å². The van der Waals surface area contributed by atoms with Crippen molar-refractivity contribution in [2.24, 2.45) is 0 Å². The van der Waals surface area contributed by atoms with Crippen LogP contribution in [0.4, 0.5) is 22.0 Å². The molecule has 8 heteroatoms. The fourth-order valence-corrected chi connectivity index (χ4v) is 4.22. The SMILES string of the molecule is COc1cc(OC)c(NC(=O)Nc2ccc3nc(N4CCCCC4)cc(C)c3c2)cc1Cl. The number of aryl methyl sites for hydroxylation is 1. The van der Waals surface area contributed by atoms with E-state index in [1.54, 1.807) is 12.1 Å². The Morgan fingerprint density at radius 2 is 1.75 bits per heavy atom. The number of aromatic nitrogens is 1. The molecule has 1 fully saturated rings. The number of ether oxygens (including phenoxy) is 2. The maximum absolute atomic E-state index is 12.6. The first kappa shape index (κ1) is 22.0. The highest BCUT2D eigenvalue weighted by molar-refractivity contribution is 6.32. The van der Waals surface area contributed by atoms with Gasteiger partial charge in [0.05, 0.1) is 30.4 Å². The van der Waals surface area contributed by atoms with Crippen molar-refractivity contribution in [1.29, 1.82) is 0 Å². The summed E-state index contributed by atoms with van der Waals surface area (Å²) in [5.74, 6) is 1.94. The second kappa shape index (κ2) is 9.53. The van der Waals surface area contributed by atoms with Gasteiger partial charge in [-0.25, -0.2) is 9.78 Å². The van der Waals surface area contributed by atoms with Crippen molar-refractivity contribution in [3.8, 4) is 11.5 Å². The van der Waals surface area contributed by atoms with Gasteiger partial charge in [-0.15, -0.1) is 0 Å². The topological polar surface area (TPSA) is 75.7 Å². The highest BCUT2D eigenvalue weighted by atomic mass is 35.5. The lowest BCUT2D eigenvalue weighted by atomic mass is 10.1. The second-order valence-corrected chi connectivity index (χ2v) is 8.25.